The van der Waals surface area contributed by atoms with Gasteiger partial charge in [0.05, 0.1) is 6.61 Å². The lowest BCUT2D eigenvalue weighted by Gasteiger charge is -2.25. The minimum absolute atomic E-state index is 0.0288. The molecule has 2 atom stereocenters. The zero-order chi connectivity index (χ0) is 15.3. The summed E-state index contributed by atoms with van der Waals surface area (Å²) in [4.78, 5) is 11.6. The van der Waals surface area contributed by atoms with Crippen molar-refractivity contribution in [3.05, 3.63) is 29.8 Å². The summed E-state index contributed by atoms with van der Waals surface area (Å²) in [5, 5.41) is 21.8. The van der Waals surface area contributed by atoms with Crippen LogP contribution in [-0.2, 0) is 11.4 Å². The molecule has 1 aliphatic rings. The van der Waals surface area contributed by atoms with E-state index in [4.69, 9.17) is 9.84 Å². The Morgan fingerprint density at radius 2 is 2.33 bits per heavy atom. The summed E-state index contributed by atoms with van der Waals surface area (Å²) >= 11 is 0. The molecule has 1 saturated carbocycles. The monoisotopic (exact) mass is 293 g/mol. The summed E-state index contributed by atoms with van der Waals surface area (Å²) in [6, 6.07) is 7.28. The van der Waals surface area contributed by atoms with E-state index < -0.39 is 11.5 Å². The molecule has 2 rings (SSSR count). The molecule has 0 aliphatic heterocycles. The molecular formula is C16H23NO4. The summed E-state index contributed by atoms with van der Waals surface area (Å²) in [5.41, 5.74) is -0.0750. The molecule has 0 radical (unpaired) electrons. The van der Waals surface area contributed by atoms with Crippen LogP contribution in [0.25, 0.3) is 0 Å². The maximum absolute atomic E-state index is 11.6. The minimum Gasteiger partial charge on any atom is -0.490 e. The zero-order valence-electron chi connectivity index (χ0n) is 12.3. The van der Waals surface area contributed by atoms with E-state index in [-0.39, 0.29) is 12.7 Å². The van der Waals surface area contributed by atoms with Gasteiger partial charge >= 0.3 is 5.97 Å². The first-order chi connectivity index (χ1) is 10.1. The van der Waals surface area contributed by atoms with Crippen LogP contribution in [0.5, 0.6) is 5.75 Å². The largest absolute Gasteiger partial charge is 0.490 e. The molecule has 5 heteroatoms. The Labute approximate surface area is 124 Å². The normalized spacial score (nSPS) is 25.0. The molecule has 3 N–H and O–H groups in total. The van der Waals surface area contributed by atoms with Crippen molar-refractivity contribution in [2.24, 2.45) is 0 Å². The number of nitrogens with one attached hydrogen (secondary N) is 1. The number of hydrogen-bond donors (Lipinski definition) is 3. The number of carboxylic acid groups (broad SMARTS) is 1. The SMILES string of the molecule is CCCNC1(C(=O)O)CCC(Oc2cccc(CO)c2)C1. The van der Waals surface area contributed by atoms with Gasteiger partial charge in [-0.25, -0.2) is 0 Å². The fourth-order valence-electron chi connectivity index (χ4n) is 2.81. The standard InChI is InChI=1S/C16H23NO4/c1-2-8-17-16(15(19)20)7-6-14(10-16)21-13-5-3-4-12(9-13)11-18/h3-5,9,14,17-18H,2,6-8,10-11H2,1H3,(H,19,20). The number of ether oxygens (including phenoxy) is 1. The highest BCUT2D eigenvalue weighted by molar-refractivity contribution is 5.79. The number of carbonyl (C=O) groups is 1. The Morgan fingerprint density at radius 1 is 1.52 bits per heavy atom. The molecule has 2 unspecified atom stereocenters. The maximum Gasteiger partial charge on any atom is 0.324 e. The number of aliphatic hydroxyl groups excluding tert-OH is 1. The number of carboxylic acids is 1. The third-order valence-electron chi connectivity index (χ3n) is 3.98. The molecule has 1 aromatic rings. The molecule has 0 saturated heterocycles. The molecule has 0 bridgehead atoms. The lowest BCUT2D eigenvalue weighted by Crippen LogP contribution is -2.50. The quantitative estimate of drug-likeness (QED) is 0.716. The van der Waals surface area contributed by atoms with Crippen molar-refractivity contribution in [3.63, 3.8) is 0 Å². The number of hydrogen-bond acceptors (Lipinski definition) is 4. The molecule has 1 aliphatic carbocycles. The van der Waals surface area contributed by atoms with Gasteiger partial charge in [-0.3, -0.25) is 4.79 Å². The maximum atomic E-state index is 11.6. The van der Waals surface area contributed by atoms with Crippen LogP contribution >= 0.6 is 0 Å². The summed E-state index contributed by atoms with van der Waals surface area (Å²) < 4.78 is 5.89. The van der Waals surface area contributed by atoms with E-state index in [1.54, 1.807) is 6.07 Å². The second-order valence-corrected chi connectivity index (χ2v) is 5.60. The van der Waals surface area contributed by atoms with E-state index in [1.165, 1.54) is 0 Å². The third-order valence-corrected chi connectivity index (χ3v) is 3.98. The van der Waals surface area contributed by atoms with Gasteiger partial charge in [0.1, 0.15) is 17.4 Å². The molecule has 116 valence electrons. The van der Waals surface area contributed by atoms with E-state index in [0.29, 0.717) is 31.6 Å². The van der Waals surface area contributed by atoms with Gasteiger partial charge in [0, 0.05) is 6.42 Å². The van der Waals surface area contributed by atoms with E-state index in [9.17, 15) is 9.90 Å². The lowest BCUT2D eigenvalue weighted by molar-refractivity contribution is -0.144. The van der Waals surface area contributed by atoms with E-state index in [0.717, 1.165) is 12.0 Å². The van der Waals surface area contributed by atoms with Gasteiger partial charge in [-0.15, -0.1) is 0 Å². The molecule has 1 fully saturated rings. The molecule has 0 aromatic heterocycles. The van der Waals surface area contributed by atoms with Crippen molar-refractivity contribution in [2.75, 3.05) is 6.54 Å². The van der Waals surface area contributed by atoms with Crippen LogP contribution in [0.15, 0.2) is 24.3 Å². The van der Waals surface area contributed by atoms with Crippen molar-refractivity contribution >= 4 is 5.97 Å². The highest BCUT2D eigenvalue weighted by Gasteiger charge is 2.46. The van der Waals surface area contributed by atoms with Gasteiger partial charge in [0.2, 0.25) is 0 Å². The van der Waals surface area contributed by atoms with Crippen molar-refractivity contribution in [1.82, 2.24) is 5.32 Å². The summed E-state index contributed by atoms with van der Waals surface area (Å²) in [6.07, 6.45) is 2.54. The van der Waals surface area contributed by atoms with Crippen molar-refractivity contribution in [3.8, 4) is 5.75 Å². The van der Waals surface area contributed by atoms with Crippen LogP contribution in [0.3, 0.4) is 0 Å². The van der Waals surface area contributed by atoms with Crippen molar-refractivity contribution in [1.29, 1.82) is 0 Å². The molecule has 0 spiro atoms. The second kappa shape index (κ2) is 6.91. The fraction of sp³-hybridized carbons (Fsp3) is 0.562. The Hall–Kier alpha value is -1.59. The fourth-order valence-corrected chi connectivity index (χ4v) is 2.81. The van der Waals surface area contributed by atoms with Gasteiger partial charge in [0.15, 0.2) is 0 Å². The Bertz CT molecular complexity index is 491. The molecular weight excluding hydrogens is 270 g/mol. The predicted octanol–water partition coefficient (Wildman–Crippen LogP) is 1.93. The summed E-state index contributed by atoms with van der Waals surface area (Å²) in [5.74, 6) is -0.116. The Kier molecular flexibility index (Phi) is 5.20. The van der Waals surface area contributed by atoms with Gasteiger partial charge in [0.25, 0.3) is 0 Å². The van der Waals surface area contributed by atoms with Crippen LogP contribution in [0, 0.1) is 0 Å². The average molecular weight is 293 g/mol. The first-order valence-corrected chi connectivity index (χ1v) is 7.44. The van der Waals surface area contributed by atoms with Crippen LogP contribution in [-0.4, -0.2) is 34.4 Å². The summed E-state index contributed by atoms with van der Waals surface area (Å²) in [6.45, 7) is 2.68. The molecule has 0 heterocycles. The average Bonchev–Trinajstić information content (AvgIpc) is 2.90. The predicted molar refractivity (Wildman–Crippen MR) is 79.3 cm³/mol. The third kappa shape index (κ3) is 3.74. The number of rotatable bonds is 7. The Balaban J connectivity index is 2.01. The van der Waals surface area contributed by atoms with Crippen molar-refractivity contribution in [2.45, 2.75) is 50.9 Å². The Morgan fingerprint density at radius 3 is 3.00 bits per heavy atom. The number of aliphatic carboxylic acids is 1. The van der Waals surface area contributed by atoms with Crippen LogP contribution < -0.4 is 10.1 Å². The van der Waals surface area contributed by atoms with Gasteiger partial charge in [-0.2, -0.15) is 0 Å². The molecule has 5 nitrogen and oxygen atoms in total. The first kappa shape index (κ1) is 15.8. The van der Waals surface area contributed by atoms with Crippen molar-refractivity contribution < 1.29 is 19.7 Å². The van der Waals surface area contributed by atoms with E-state index in [1.807, 2.05) is 25.1 Å². The highest BCUT2D eigenvalue weighted by atomic mass is 16.5. The topological polar surface area (TPSA) is 78.8 Å². The first-order valence-electron chi connectivity index (χ1n) is 7.44. The zero-order valence-corrected chi connectivity index (χ0v) is 12.3. The van der Waals surface area contributed by atoms with Crippen LogP contribution in [0.1, 0.15) is 38.2 Å². The molecule has 1 aromatic carbocycles. The van der Waals surface area contributed by atoms with Gasteiger partial charge in [-0.1, -0.05) is 19.1 Å². The minimum atomic E-state index is -0.866. The van der Waals surface area contributed by atoms with Gasteiger partial charge in [-0.05, 0) is 43.5 Å². The highest BCUT2D eigenvalue weighted by Crippen LogP contribution is 2.33. The number of aliphatic hydroxyl groups is 1. The lowest BCUT2D eigenvalue weighted by atomic mass is 9.97. The molecule has 21 heavy (non-hydrogen) atoms. The number of benzene rings is 1. The van der Waals surface area contributed by atoms with E-state index in [2.05, 4.69) is 5.32 Å². The van der Waals surface area contributed by atoms with E-state index >= 15 is 0 Å². The molecule has 0 amide bonds. The van der Waals surface area contributed by atoms with Crippen LogP contribution in [0.2, 0.25) is 0 Å². The smallest absolute Gasteiger partial charge is 0.324 e. The summed E-state index contributed by atoms with van der Waals surface area (Å²) in [7, 11) is 0. The van der Waals surface area contributed by atoms with Gasteiger partial charge < -0.3 is 20.3 Å². The van der Waals surface area contributed by atoms with Crippen LogP contribution in [0.4, 0.5) is 0 Å². The second-order valence-electron chi connectivity index (χ2n) is 5.60.